The summed E-state index contributed by atoms with van der Waals surface area (Å²) in [5, 5.41) is 5.20. The van der Waals surface area contributed by atoms with Crippen LogP contribution in [0.5, 0.6) is 11.5 Å². The third-order valence-corrected chi connectivity index (χ3v) is 5.66. The fourth-order valence-electron chi connectivity index (χ4n) is 4.14. The van der Waals surface area contributed by atoms with Crippen molar-refractivity contribution in [3.8, 4) is 23.0 Å². The maximum atomic E-state index is 12.6. The average molecular weight is 402 g/mol. The molecule has 2 aromatic heterocycles. The Morgan fingerprint density at radius 1 is 1.13 bits per heavy atom. The molecule has 30 heavy (non-hydrogen) atoms. The fourth-order valence-corrected chi connectivity index (χ4v) is 4.14. The largest absolute Gasteiger partial charge is 0.454 e. The highest BCUT2D eigenvalue weighted by Gasteiger charge is 2.34. The molecule has 4 aromatic rings. The van der Waals surface area contributed by atoms with Crippen molar-refractivity contribution in [2.45, 2.75) is 18.9 Å². The monoisotopic (exact) mass is 402 g/mol. The second-order valence-corrected chi connectivity index (χ2v) is 7.57. The fraction of sp³-hybridized carbons (Fsp3) is 0.227. The van der Waals surface area contributed by atoms with Gasteiger partial charge in [0.25, 0.3) is 5.89 Å². The van der Waals surface area contributed by atoms with Crippen molar-refractivity contribution < 1.29 is 18.8 Å². The molecule has 8 nitrogen and oxygen atoms in total. The summed E-state index contributed by atoms with van der Waals surface area (Å²) in [6, 6.07) is 13.7. The predicted molar refractivity (Wildman–Crippen MR) is 107 cm³/mol. The van der Waals surface area contributed by atoms with Crippen LogP contribution in [0.25, 0.3) is 22.4 Å². The molecule has 1 N–H and O–H groups in total. The molecule has 0 spiro atoms. The molecule has 1 saturated heterocycles. The maximum Gasteiger partial charge on any atom is 0.258 e. The molecule has 0 saturated carbocycles. The third kappa shape index (κ3) is 2.80. The van der Waals surface area contributed by atoms with E-state index in [0.717, 1.165) is 33.5 Å². The van der Waals surface area contributed by atoms with E-state index >= 15 is 0 Å². The van der Waals surface area contributed by atoms with E-state index in [9.17, 15) is 4.79 Å². The Balaban J connectivity index is 1.21. The van der Waals surface area contributed by atoms with Crippen LogP contribution in [-0.2, 0) is 11.3 Å². The highest BCUT2D eigenvalue weighted by Crippen LogP contribution is 2.35. The number of amides is 1. The molecule has 2 aliphatic heterocycles. The summed E-state index contributed by atoms with van der Waals surface area (Å²) in [6.07, 6.45) is 2.26. The minimum Gasteiger partial charge on any atom is -0.454 e. The van der Waals surface area contributed by atoms with Crippen LogP contribution in [0, 0.1) is 0 Å². The van der Waals surface area contributed by atoms with E-state index in [4.69, 9.17) is 14.0 Å². The Hall–Kier alpha value is -3.81. The van der Waals surface area contributed by atoms with Gasteiger partial charge in [0, 0.05) is 48.1 Å². The quantitative estimate of drug-likeness (QED) is 0.562. The number of hydrogen-bond donors (Lipinski definition) is 1. The van der Waals surface area contributed by atoms with E-state index in [2.05, 4.69) is 15.1 Å². The zero-order valence-corrected chi connectivity index (χ0v) is 16.0. The Labute approximate surface area is 171 Å². The van der Waals surface area contributed by atoms with E-state index in [1.165, 1.54) is 0 Å². The van der Waals surface area contributed by atoms with Crippen molar-refractivity contribution in [2.75, 3.05) is 13.3 Å². The van der Waals surface area contributed by atoms with E-state index < -0.39 is 0 Å². The van der Waals surface area contributed by atoms with Crippen LogP contribution in [0.1, 0.15) is 23.7 Å². The molecule has 1 atom stereocenters. The Bertz CT molecular complexity index is 1260. The van der Waals surface area contributed by atoms with Gasteiger partial charge in [0.15, 0.2) is 17.3 Å². The molecule has 8 heteroatoms. The summed E-state index contributed by atoms with van der Waals surface area (Å²) < 4.78 is 16.3. The lowest BCUT2D eigenvalue weighted by molar-refractivity contribution is -0.128. The lowest BCUT2D eigenvalue weighted by Crippen LogP contribution is -2.24. The molecule has 2 aromatic carbocycles. The number of benzene rings is 2. The highest BCUT2D eigenvalue weighted by molar-refractivity contribution is 5.92. The smallest absolute Gasteiger partial charge is 0.258 e. The molecule has 6 rings (SSSR count). The second kappa shape index (κ2) is 6.62. The molecular weight excluding hydrogens is 384 g/mol. The van der Waals surface area contributed by atoms with Gasteiger partial charge in [0.1, 0.15) is 0 Å². The molecule has 2 aliphatic rings. The van der Waals surface area contributed by atoms with E-state index in [0.29, 0.717) is 31.2 Å². The molecule has 1 fully saturated rings. The molecule has 1 unspecified atom stereocenters. The van der Waals surface area contributed by atoms with Crippen LogP contribution < -0.4 is 9.47 Å². The zero-order valence-electron chi connectivity index (χ0n) is 16.0. The average Bonchev–Trinajstić information content (AvgIpc) is 3.54. The molecule has 0 radical (unpaired) electrons. The SMILES string of the molecule is O=C1CC(c2noc(-c3cccc4[nH]ccc34)n2)CN1Cc1ccc2c(c1)OCO2. The van der Waals surface area contributed by atoms with Gasteiger partial charge in [0.2, 0.25) is 12.7 Å². The van der Waals surface area contributed by atoms with E-state index in [1.807, 2.05) is 53.6 Å². The van der Waals surface area contributed by atoms with Crippen LogP contribution in [0.15, 0.2) is 53.2 Å². The van der Waals surface area contributed by atoms with E-state index in [-0.39, 0.29) is 18.6 Å². The normalized spacial score (nSPS) is 17.9. The minimum atomic E-state index is -0.0885. The van der Waals surface area contributed by atoms with Crippen molar-refractivity contribution in [3.05, 3.63) is 60.0 Å². The number of hydrogen-bond acceptors (Lipinski definition) is 6. The standard InChI is InChI=1S/C22H18N4O4/c27-20-9-14(11-26(20)10-13-4-5-18-19(8-13)29-12-28-18)21-24-22(30-25-21)16-2-1-3-17-15(16)6-7-23-17/h1-8,14,23H,9-12H2. The highest BCUT2D eigenvalue weighted by atomic mass is 16.7. The van der Waals surface area contributed by atoms with Gasteiger partial charge in [-0.1, -0.05) is 17.3 Å². The maximum absolute atomic E-state index is 12.6. The number of nitrogens with one attached hydrogen (secondary N) is 1. The molecule has 1 amide bonds. The number of carbonyl (C=O) groups is 1. The summed E-state index contributed by atoms with van der Waals surface area (Å²) >= 11 is 0. The van der Waals surface area contributed by atoms with Crippen LogP contribution in [0.4, 0.5) is 0 Å². The Kier molecular flexibility index (Phi) is 3.77. The van der Waals surface area contributed by atoms with Gasteiger partial charge in [-0.25, -0.2) is 0 Å². The first kappa shape index (κ1) is 17.1. The molecule has 0 aliphatic carbocycles. The zero-order chi connectivity index (χ0) is 20.1. The van der Waals surface area contributed by atoms with Crippen LogP contribution >= 0.6 is 0 Å². The number of H-pyrrole nitrogens is 1. The van der Waals surface area contributed by atoms with Gasteiger partial charge in [-0.15, -0.1) is 0 Å². The van der Waals surface area contributed by atoms with Gasteiger partial charge < -0.3 is 23.9 Å². The van der Waals surface area contributed by atoms with Crippen LogP contribution in [0.3, 0.4) is 0 Å². The number of rotatable bonds is 4. The number of ether oxygens (including phenoxy) is 2. The van der Waals surface area contributed by atoms with Gasteiger partial charge in [0.05, 0.1) is 0 Å². The minimum absolute atomic E-state index is 0.0803. The number of carbonyl (C=O) groups excluding carboxylic acids is 1. The number of aromatic nitrogens is 3. The topological polar surface area (TPSA) is 93.5 Å². The molecular formula is C22H18N4O4. The van der Waals surface area contributed by atoms with Gasteiger partial charge in [-0.05, 0) is 35.9 Å². The lowest BCUT2D eigenvalue weighted by atomic mass is 10.1. The van der Waals surface area contributed by atoms with Crippen LogP contribution in [-0.4, -0.2) is 39.3 Å². The number of fused-ring (bicyclic) bond motifs is 2. The molecule has 0 bridgehead atoms. The predicted octanol–water partition coefficient (Wildman–Crippen LogP) is 3.46. The van der Waals surface area contributed by atoms with Crippen molar-refractivity contribution >= 4 is 16.8 Å². The molecule has 150 valence electrons. The van der Waals surface area contributed by atoms with Crippen molar-refractivity contribution in [1.82, 2.24) is 20.0 Å². The number of likely N-dealkylation sites (tertiary alicyclic amines) is 1. The number of aromatic amines is 1. The van der Waals surface area contributed by atoms with Crippen LogP contribution in [0.2, 0.25) is 0 Å². The Morgan fingerprint density at radius 3 is 3.03 bits per heavy atom. The summed E-state index contributed by atoms with van der Waals surface area (Å²) in [5.74, 6) is 2.49. The summed E-state index contributed by atoms with van der Waals surface area (Å²) in [4.78, 5) is 22.2. The van der Waals surface area contributed by atoms with E-state index in [1.54, 1.807) is 0 Å². The first-order valence-corrected chi connectivity index (χ1v) is 9.81. The Morgan fingerprint density at radius 2 is 2.07 bits per heavy atom. The number of nitrogens with zero attached hydrogens (tertiary/aromatic N) is 3. The summed E-state index contributed by atoms with van der Waals surface area (Å²) in [6.45, 7) is 1.31. The van der Waals surface area contributed by atoms with Crippen molar-refractivity contribution in [1.29, 1.82) is 0 Å². The van der Waals surface area contributed by atoms with Gasteiger partial charge in [-0.3, -0.25) is 4.79 Å². The third-order valence-electron chi connectivity index (χ3n) is 5.66. The summed E-state index contributed by atoms with van der Waals surface area (Å²) in [5.41, 5.74) is 2.90. The molecule has 4 heterocycles. The van der Waals surface area contributed by atoms with Gasteiger partial charge in [-0.2, -0.15) is 4.98 Å². The first-order chi connectivity index (χ1) is 14.7. The van der Waals surface area contributed by atoms with Crippen molar-refractivity contribution in [2.24, 2.45) is 0 Å². The van der Waals surface area contributed by atoms with Gasteiger partial charge >= 0.3 is 0 Å². The lowest BCUT2D eigenvalue weighted by Gasteiger charge is -2.16. The first-order valence-electron chi connectivity index (χ1n) is 9.81. The summed E-state index contributed by atoms with van der Waals surface area (Å²) in [7, 11) is 0. The second-order valence-electron chi connectivity index (χ2n) is 7.57. The van der Waals surface area contributed by atoms with Crippen molar-refractivity contribution in [3.63, 3.8) is 0 Å².